The number of thiophene rings is 1. The molecule has 7 heteroatoms. The maximum absolute atomic E-state index is 12.3. The maximum atomic E-state index is 12.3. The number of sulfonamides is 1. The first-order valence-electron chi connectivity index (χ1n) is 6.06. The van der Waals surface area contributed by atoms with Crippen LogP contribution in [-0.2, 0) is 10.0 Å². The summed E-state index contributed by atoms with van der Waals surface area (Å²) in [6, 6.07) is 10.3. The van der Waals surface area contributed by atoms with E-state index in [9.17, 15) is 8.42 Å². The van der Waals surface area contributed by atoms with Gasteiger partial charge < -0.3 is 4.74 Å². The molecule has 1 aliphatic heterocycles. The van der Waals surface area contributed by atoms with Crippen molar-refractivity contribution in [2.75, 3.05) is 6.61 Å². The molecule has 0 bridgehead atoms. The van der Waals surface area contributed by atoms with E-state index in [1.54, 1.807) is 6.07 Å². The van der Waals surface area contributed by atoms with E-state index in [4.69, 9.17) is 16.3 Å². The molecule has 20 heavy (non-hydrogen) atoms. The van der Waals surface area contributed by atoms with Crippen LogP contribution in [0.25, 0.3) is 0 Å². The number of hydrogen-bond donors (Lipinski definition) is 1. The van der Waals surface area contributed by atoms with E-state index in [2.05, 4.69) is 4.72 Å². The molecule has 106 valence electrons. The van der Waals surface area contributed by atoms with Crippen molar-refractivity contribution >= 4 is 33.0 Å². The molecular formula is C13H12ClNO3S2. The van der Waals surface area contributed by atoms with Gasteiger partial charge in [0.05, 0.1) is 17.0 Å². The van der Waals surface area contributed by atoms with Gasteiger partial charge in [0.1, 0.15) is 9.96 Å². The van der Waals surface area contributed by atoms with Gasteiger partial charge in [-0.15, -0.1) is 11.3 Å². The molecule has 1 aromatic heterocycles. The summed E-state index contributed by atoms with van der Waals surface area (Å²) in [4.78, 5) is 0. The van der Waals surface area contributed by atoms with Crippen LogP contribution in [0.3, 0.4) is 0 Å². The van der Waals surface area contributed by atoms with E-state index >= 15 is 0 Å². The van der Waals surface area contributed by atoms with Crippen molar-refractivity contribution < 1.29 is 13.2 Å². The zero-order chi connectivity index (χ0) is 14.2. The first-order valence-corrected chi connectivity index (χ1v) is 8.73. The lowest BCUT2D eigenvalue weighted by Gasteiger charge is -2.26. The Bertz CT molecular complexity index is 727. The minimum Gasteiger partial charge on any atom is -0.493 e. The van der Waals surface area contributed by atoms with Crippen molar-refractivity contribution in [2.24, 2.45) is 0 Å². The molecule has 0 saturated carbocycles. The summed E-state index contributed by atoms with van der Waals surface area (Å²) in [5, 5.41) is 0. The van der Waals surface area contributed by atoms with Crippen molar-refractivity contribution in [3.05, 3.63) is 46.3 Å². The van der Waals surface area contributed by atoms with E-state index in [0.29, 0.717) is 17.4 Å². The average molecular weight is 330 g/mol. The maximum Gasteiger partial charge on any atom is 0.250 e. The molecule has 1 unspecified atom stereocenters. The largest absolute Gasteiger partial charge is 0.493 e. The second kappa shape index (κ2) is 5.37. The van der Waals surface area contributed by atoms with E-state index < -0.39 is 10.0 Å². The minimum atomic E-state index is -3.55. The lowest BCUT2D eigenvalue weighted by molar-refractivity contribution is 0.263. The fourth-order valence-corrected chi connectivity index (χ4v) is 4.90. The van der Waals surface area contributed by atoms with Gasteiger partial charge in [0.15, 0.2) is 0 Å². The normalized spacial score (nSPS) is 18.4. The Morgan fingerprint density at radius 3 is 2.80 bits per heavy atom. The fourth-order valence-electron chi connectivity index (χ4n) is 2.15. The highest BCUT2D eigenvalue weighted by Crippen LogP contribution is 2.33. The molecule has 1 aromatic carbocycles. The molecule has 0 radical (unpaired) electrons. The summed E-state index contributed by atoms with van der Waals surface area (Å²) >= 11 is 6.84. The Morgan fingerprint density at radius 2 is 2.05 bits per heavy atom. The Balaban J connectivity index is 1.89. The van der Waals surface area contributed by atoms with Crippen LogP contribution in [0.4, 0.5) is 0 Å². The Morgan fingerprint density at radius 1 is 1.25 bits per heavy atom. The zero-order valence-corrected chi connectivity index (χ0v) is 12.8. The van der Waals surface area contributed by atoms with Crippen LogP contribution in [0.2, 0.25) is 4.34 Å². The second-order valence-electron chi connectivity index (χ2n) is 4.41. The van der Waals surface area contributed by atoms with E-state index in [1.807, 2.05) is 24.3 Å². The van der Waals surface area contributed by atoms with Crippen LogP contribution in [-0.4, -0.2) is 15.0 Å². The van der Waals surface area contributed by atoms with Crippen molar-refractivity contribution in [1.29, 1.82) is 0 Å². The van der Waals surface area contributed by atoms with Crippen LogP contribution in [0, 0.1) is 0 Å². The number of ether oxygens (including phenoxy) is 1. The Labute approximate surface area is 126 Å². The van der Waals surface area contributed by atoms with Crippen molar-refractivity contribution in [2.45, 2.75) is 16.7 Å². The number of benzene rings is 1. The summed E-state index contributed by atoms with van der Waals surface area (Å²) < 4.78 is 33.6. The number of hydrogen-bond acceptors (Lipinski definition) is 4. The van der Waals surface area contributed by atoms with E-state index in [-0.39, 0.29) is 10.3 Å². The smallest absolute Gasteiger partial charge is 0.250 e. The monoisotopic (exact) mass is 329 g/mol. The number of para-hydroxylation sites is 1. The number of halogens is 1. The van der Waals surface area contributed by atoms with E-state index in [0.717, 1.165) is 22.6 Å². The molecule has 0 amide bonds. The summed E-state index contributed by atoms with van der Waals surface area (Å²) in [6.07, 6.45) is 0.606. The fraction of sp³-hybridized carbons (Fsp3) is 0.231. The van der Waals surface area contributed by atoms with Crippen molar-refractivity contribution in [1.82, 2.24) is 4.72 Å². The van der Waals surface area contributed by atoms with Gasteiger partial charge in [-0.05, 0) is 18.2 Å². The molecule has 3 rings (SSSR count). The van der Waals surface area contributed by atoms with Crippen LogP contribution in [0.15, 0.2) is 40.6 Å². The molecule has 0 spiro atoms. The molecule has 4 nitrogen and oxygen atoms in total. The van der Waals surface area contributed by atoms with Crippen LogP contribution >= 0.6 is 22.9 Å². The van der Waals surface area contributed by atoms with Gasteiger partial charge in [0, 0.05) is 12.0 Å². The van der Waals surface area contributed by atoms with Gasteiger partial charge in [-0.3, -0.25) is 0 Å². The lowest BCUT2D eigenvalue weighted by atomic mass is 10.0. The van der Waals surface area contributed by atoms with Crippen molar-refractivity contribution in [3.8, 4) is 5.75 Å². The molecule has 1 atom stereocenters. The average Bonchev–Trinajstić information content (AvgIpc) is 2.86. The zero-order valence-electron chi connectivity index (χ0n) is 10.4. The summed E-state index contributed by atoms with van der Waals surface area (Å²) in [5.74, 6) is 0.732. The van der Waals surface area contributed by atoms with Gasteiger partial charge in [-0.25, -0.2) is 13.1 Å². The van der Waals surface area contributed by atoms with Gasteiger partial charge in [-0.2, -0.15) is 0 Å². The summed E-state index contributed by atoms with van der Waals surface area (Å²) in [7, 11) is -3.55. The summed E-state index contributed by atoms with van der Waals surface area (Å²) in [6.45, 7) is 0.495. The SMILES string of the molecule is O=S(=O)(NC1CCOc2ccccc21)c1ccc(Cl)s1. The minimum absolute atomic E-state index is 0.228. The molecule has 0 fully saturated rings. The van der Waals surface area contributed by atoms with Gasteiger partial charge in [0.2, 0.25) is 0 Å². The highest BCUT2D eigenvalue weighted by Gasteiger charge is 2.27. The molecule has 1 N–H and O–H groups in total. The highest BCUT2D eigenvalue weighted by atomic mass is 35.5. The highest BCUT2D eigenvalue weighted by molar-refractivity contribution is 7.91. The first-order chi connectivity index (χ1) is 9.56. The third-order valence-electron chi connectivity index (χ3n) is 3.07. The molecule has 2 aromatic rings. The lowest BCUT2D eigenvalue weighted by Crippen LogP contribution is -2.31. The second-order valence-corrected chi connectivity index (χ2v) is 8.06. The number of fused-ring (bicyclic) bond motifs is 1. The summed E-state index contributed by atoms with van der Waals surface area (Å²) in [5.41, 5.74) is 0.866. The molecule has 0 saturated heterocycles. The number of rotatable bonds is 3. The van der Waals surface area contributed by atoms with Gasteiger partial charge >= 0.3 is 0 Å². The first kappa shape index (κ1) is 13.9. The molecule has 0 aliphatic carbocycles. The quantitative estimate of drug-likeness (QED) is 0.940. The van der Waals surface area contributed by atoms with Crippen molar-refractivity contribution in [3.63, 3.8) is 0 Å². The molecule has 1 aliphatic rings. The van der Waals surface area contributed by atoms with Gasteiger partial charge in [0.25, 0.3) is 10.0 Å². The molecular weight excluding hydrogens is 318 g/mol. The standard InChI is InChI=1S/C13H12ClNO3S2/c14-12-5-6-13(19-12)20(16,17)15-10-7-8-18-11-4-2-1-3-9(10)11/h1-6,10,15H,7-8H2. The Kier molecular flexibility index (Phi) is 3.72. The van der Waals surface area contributed by atoms with Crippen LogP contribution < -0.4 is 9.46 Å². The van der Waals surface area contributed by atoms with E-state index in [1.165, 1.54) is 6.07 Å². The topological polar surface area (TPSA) is 55.4 Å². The van der Waals surface area contributed by atoms with Crippen LogP contribution in [0.1, 0.15) is 18.0 Å². The van der Waals surface area contributed by atoms with Crippen LogP contribution in [0.5, 0.6) is 5.75 Å². The predicted octanol–water partition coefficient (Wildman–Crippen LogP) is 3.20. The predicted molar refractivity (Wildman–Crippen MR) is 78.9 cm³/mol. The third-order valence-corrected chi connectivity index (χ3v) is 6.26. The number of nitrogens with one attached hydrogen (secondary N) is 1. The third kappa shape index (κ3) is 2.69. The van der Waals surface area contributed by atoms with Gasteiger partial charge in [-0.1, -0.05) is 29.8 Å². The Hall–Kier alpha value is -1.08. The molecule has 2 heterocycles.